The predicted octanol–water partition coefficient (Wildman–Crippen LogP) is 1.58. The Bertz CT molecular complexity index is 324. The fourth-order valence-corrected chi connectivity index (χ4v) is 2.17. The van der Waals surface area contributed by atoms with E-state index in [0.29, 0.717) is 6.04 Å². The van der Waals surface area contributed by atoms with Gasteiger partial charge in [-0.25, -0.2) is 0 Å². The highest BCUT2D eigenvalue weighted by atomic mass is 15.2. The maximum atomic E-state index is 4.23. The first kappa shape index (κ1) is 10.4. The van der Waals surface area contributed by atoms with E-state index in [1.54, 1.807) is 0 Å². The fraction of sp³-hybridized carbons (Fsp3) is 0.583. The molecule has 1 atom stereocenters. The molecule has 2 heterocycles. The highest BCUT2D eigenvalue weighted by Crippen LogP contribution is 2.19. The van der Waals surface area contributed by atoms with Gasteiger partial charge in [0.25, 0.3) is 0 Å². The van der Waals surface area contributed by atoms with E-state index in [1.165, 1.54) is 25.1 Å². The minimum absolute atomic E-state index is 0.632. The van der Waals surface area contributed by atoms with Crippen LogP contribution in [0.2, 0.25) is 0 Å². The zero-order valence-corrected chi connectivity index (χ0v) is 9.53. The third-order valence-corrected chi connectivity index (χ3v) is 3.08. The molecule has 0 bridgehead atoms. The normalized spacial score (nSPS) is 21.7. The van der Waals surface area contributed by atoms with Crippen molar-refractivity contribution in [1.29, 1.82) is 0 Å². The van der Waals surface area contributed by atoms with E-state index >= 15 is 0 Å². The van der Waals surface area contributed by atoms with E-state index in [9.17, 15) is 0 Å². The van der Waals surface area contributed by atoms with Crippen molar-refractivity contribution in [2.45, 2.75) is 25.8 Å². The Morgan fingerprint density at radius 1 is 1.53 bits per heavy atom. The van der Waals surface area contributed by atoms with E-state index in [4.69, 9.17) is 0 Å². The Hall–Kier alpha value is -1.09. The Labute approximate surface area is 91.5 Å². The molecule has 1 aliphatic heterocycles. The van der Waals surface area contributed by atoms with Gasteiger partial charge in [-0.3, -0.25) is 4.98 Å². The Balaban J connectivity index is 2.09. The molecule has 0 aliphatic carbocycles. The molecule has 1 saturated heterocycles. The second-order valence-electron chi connectivity index (χ2n) is 4.23. The van der Waals surface area contributed by atoms with Crippen LogP contribution in [0.1, 0.15) is 18.5 Å². The number of pyridine rings is 1. The second-order valence-corrected chi connectivity index (χ2v) is 4.23. The Kier molecular flexibility index (Phi) is 3.21. The molecule has 0 radical (unpaired) electrons. The summed E-state index contributed by atoms with van der Waals surface area (Å²) in [4.78, 5) is 6.68. The molecule has 2 rings (SSSR count). The van der Waals surface area contributed by atoms with Gasteiger partial charge in [0, 0.05) is 36.7 Å². The summed E-state index contributed by atoms with van der Waals surface area (Å²) in [5.74, 6) is 0. The van der Waals surface area contributed by atoms with Crippen LogP contribution in [-0.2, 0) is 0 Å². The zero-order valence-electron chi connectivity index (χ0n) is 9.53. The number of nitrogens with zero attached hydrogens (tertiary/aromatic N) is 2. The van der Waals surface area contributed by atoms with Crippen LogP contribution in [0.15, 0.2) is 18.3 Å². The first-order valence-corrected chi connectivity index (χ1v) is 5.64. The van der Waals surface area contributed by atoms with Crippen molar-refractivity contribution in [3.8, 4) is 0 Å². The second kappa shape index (κ2) is 4.62. The number of hydrogen-bond donors (Lipinski definition) is 1. The average Bonchev–Trinajstić information content (AvgIpc) is 2.29. The SMILES string of the molecule is CNC1CCCN(c2ccnc(C)c2)C1. The molecule has 3 nitrogen and oxygen atoms in total. The standard InChI is InChI=1S/C12H19N3/c1-10-8-12(5-6-14-10)15-7-3-4-11(9-15)13-2/h5-6,8,11,13H,3-4,7,9H2,1-2H3. The van der Waals surface area contributed by atoms with Crippen molar-refractivity contribution in [2.75, 3.05) is 25.0 Å². The minimum Gasteiger partial charge on any atom is -0.370 e. The van der Waals surface area contributed by atoms with Crippen LogP contribution in [0.5, 0.6) is 0 Å². The Morgan fingerprint density at radius 3 is 3.13 bits per heavy atom. The lowest BCUT2D eigenvalue weighted by Crippen LogP contribution is -2.44. The summed E-state index contributed by atoms with van der Waals surface area (Å²) in [6.45, 7) is 4.32. The number of aryl methyl sites for hydroxylation is 1. The van der Waals surface area contributed by atoms with Crippen LogP contribution in [0.4, 0.5) is 5.69 Å². The van der Waals surface area contributed by atoms with E-state index in [1.807, 2.05) is 20.2 Å². The summed E-state index contributed by atoms with van der Waals surface area (Å²) in [6.07, 6.45) is 4.46. The molecule has 3 heteroatoms. The molecule has 1 fully saturated rings. The van der Waals surface area contributed by atoms with Crippen LogP contribution >= 0.6 is 0 Å². The third kappa shape index (κ3) is 2.48. The summed E-state index contributed by atoms with van der Waals surface area (Å²) in [5, 5.41) is 3.36. The molecule has 1 aromatic rings. The summed E-state index contributed by atoms with van der Waals surface area (Å²) in [5.41, 5.74) is 2.40. The summed E-state index contributed by atoms with van der Waals surface area (Å²) in [6, 6.07) is 4.90. The molecule has 0 aromatic carbocycles. The maximum absolute atomic E-state index is 4.23. The predicted molar refractivity (Wildman–Crippen MR) is 63.3 cm³/mol. The lowest BCUT2D eigenvalue weighted by molar-refractivity contribution is 0.449. The van der Waals surface area contributed by atoms with Gasteiger partial charge in [-0.2, -0.15) is 0 Å². The molecule has 1 aliphatic rings. The molecule has 1 aromatic heterocycles. The van der Waals surface area contributed by atoms with E-state index in [2.05, 4.69) is 27.3 Å². The molecular formula is C12H19N3. The quantitative estimate of drug-likeness (QED) is 0.794. The van der Waals surface area contributed by atoms with Gasteiger partial charge in [0.15, 0.2) is 0 Å². The largest absolute Gasteiger partial charge is 0.370 e. The number of hydrogen-bond acceptors (Lipinski definition) is 3. The van der Waals surface area contributed by atoms with Crippen molar-refractivity contribution in [1.82, 2.24) is 10.3 Å². The van der Waals surface area contributed by atoms with E-state index < -0.39 is 0 Å². The summed E-state index contributed by atoms with van der Waals surface area (Å²) >= 11 is 0. The van der Waals surface area contributed by atoms with Gasteiger partial charge in [-0.15, -0.1) is 0 Å². The molecule has 0 saturated carbocycles. The molecule has 82 valence electrons. The smallest absolute Gasteiger partial charge is 0.0400 e. The van der Waals surface area contributed by atoms with Crippen LogP contribution in [0.25, 0.3) is 0 Å². The van der Waals surface area contributed by atoms with Crippen LogP contribution in [0.3, 0.4) is 0 Å². The van der Waals surface area contributed by atoms with Crippen molar-refractivity contribution in [3.63, 3.8) is 0 Å². The van der Waals surface area contributed by atoms with Gasteiger partial charge in [0.2, 0.25) is 0 Å². The molecule has 0 amide bonds. The van der Waals surface area contributed by atoms with Gasteiger partial charge >= 0.3 is 0 Å². The van der Waals surface area contributed by atoms with Gasteiger partial charge in [-0.1, -0.05) is 0 Å². The van der Waals surface area contributed by atoms with E-state index in [0.717, 1.165) is 12.2 Å². The van der Waals surface area contributed by atoms with Crippen molar-refractivity contribution in [3.05, 3.63) is 24.0 Å². The summed E-state index contributed by atoms with van der Waals surface area (Å²) in [7, 11) is 2.05. The topological polar surface area (TPSA) is 28.2 Å². The fourth-order valence-electron chi connectivity index (χ4n) is 2.17. The zero-order chi connectivity index (χ0) is 10.7. The van der Waals surface area contributed by atoms with Crippen molar-refractivity contribution < 1.29 is 0 Å². The first-order valence-electron chi connectivity index (χ1n) is 5.64. The Morgan fingerprint density at radius 2 is 2.40 bits per heavy atom. The highest BCUT2D eigenvalue weighted by Gasteiger charge is 2.18. The number of piperidine rings is 1. The van der Waals surface area contributed by atoms with E-state index in [-0.39, 0.29) is 0 Å². The number of aromatic nitrogens is 1. The number of anilines is 1. The molecule has 0 spiro atoms. The maximum Gasteiger partial charge on any atom is 0.0400 e. The molecule has 1 unspecified atom stereocenters. The van der Waals surface area contributed by atoms with Crippen LogP contribution in [-0.4, -0.2) is 31.2 Å². The highest BCUT2D eigenvalue weighted by molar-refractivity contribution is 5.46. The monoisotopic (exact) mass is 205 g/mol. The van der Waals surface area contributed by atoms with Crippen molar-refractivity contribution in [2.24, 2.45) is 0 Å². The number of likely N-dealkylation sites (N-methyl/N-ethyl adjacent to an activating group) is 1. The van der Waals surface area contributed by atoms with Crippen molar-refractivity contribution >= 4 is 5.69 Å². The molecular weight excluding hydrogens is 186 g/mol. The molecule has 1 N–H and O–H groups in total. The molecule has 15 heavy (non-hydrogen) atoms. The van der Waals surface area contributed by atoms with Gasteiger partial charge < -0.3 is 10.2 Å². The van der Waals surface area contributed by atoms with Gasteiger partial charge in [-0.05, 0) is 38.9 Å². The number of nitrogens with one attached hydrogen (secondary N) is 1. The number of rotatable bonds is 2. The average molecular weight is 205 g/mol. The summed E-state index contributed by atoms with van der Waals surface area (Å²) < 4.78 is 0. The lowest BCUT2D eigenvalue weighted by Gasteiger charge is -2.34. The van der Waals surface area contributed by atoms with Crippen LogP contribution in [0, 0.1) is 6.92 Å². The van der Waals surface area contributed by atoms with Gasteiger partial charge in [0.05, 0.1) is 0 Å². The lowest BCUT2D eigenvalue weighted by atomic mass is 10.1. The minimum atomic E-state index is 0.632. The third-order valence-electron chi connectivity index (χ3n) is 3.08. The first-order chi connectivity index (χ1) is 7.29. The van der Waals surface area contributed by atoms with Gasteiger partial charge in [0.1, 0.15) is 0 Å². The van der Waals surface area contributed by atoms with Crippen LogP contribution < -0.4 is 10.2 Å².